The van der Waals surface area contributed by atoms with Crippen molar-refractivity contribution in [3.8, 4) is 0 Å². The Morgan fingerprint density at radius 2 is 2.00 bits per heavy atom. The Bertz CT molecular complexity index is 860. The van der Waals surface area contributed by atoms with Crippen LogP contribution in [0.25, 0.3) is 10.9 Å². The summed E-state index contributed by atoms with van der Waals surface area (Å²) in [6.45, 7) is 0. The number of aromatic nitrogens is 2. The lowest BCUT2D eigenvalue weighted by Gasteiger charge is -2.08. The number of halogens is 1. The van der Waals surface area contributed by atoms with Crippen molar-refractivity contribution in [2.75, 3.05) is 0 Å². The Morgan fingerprint density at radius 3 is 2.81 bits per heavy atom. The largest absolute Gasteiger partial charge is 0.290 e. The second-order valence-electron chi connectivity index (χ2n) is 4.69. The lowest BCUT2D eigenvalue weighted by Crippen LogP contribution is -2.19. The third-order valence-electron chi connectivity index (χ3n) is 3.20. The van der Waals surface area contributed by atoms with Gasteiger partial charge in [0.2, 0.25) is 0 Å². The van der Waals surface area contributed by atoms with Crippen LogP contribution >= 0.6 is 11.8 Å². The number of para-hydroxylation sites is 1. The average molecular weight is 300 g/mol. The molecule has 0 unspecified atom stereocenters. The molecule has 0 N–H and O–H groups in total. The smallest absolute Gasteiger partial charge is 0.261 e. The van der Waals surface area contributed by atoms with Crippen LogP contribution in [0.4, 0.5) is 4.39 Å². The molecule has 0 radical (unpaired) electrons. The third kappa shape index (κ3) is 2.83. The van der Waals surface area contributed by atoms with Crippen LogP contribution in [0.1, 0.15) is 5.56 Å². The van der Waals surface area contributed by atoms with E-state index in [1.165, 1.54) is 28.5 Å². The van der Waals surface area contributed by atoms with Gasteiger partial charge in [-0.05, 0) is 29.8 Å². The van der Waals surface area contributed by atoms with Crippen LogP contribution in [-0.4, -0.2) is 9.55 Å². The predicted octanol–water partition coefficient (Wildman–Crippen LogP) is 3.36. The first-order valence-corrected chi connectivity index (χ1v) is 7.47. The van der Waals surface area contributed by atoms with Crippen molar-refractivity contribution in [1.82, 2.24) is 9.55 Å². The maximum atomic E-state index is 13.2. The monoisotopic (exact) mass is 300 g/mol. The van der Waals surface area contributed by atoms with E-state index in [1.54, 1.807) is 19.2 Å². The summed E-state index contributed by atoms with van der Waals surface area (Å²) in [7, 11) is 1.70. The van der Waals surface area contributed by atoms with Gasteiger partial charge in [0.1, 0.15) is 5.82 Å². The molecule has 0 bridgehead atoms. The fourth-order valence-corrected chi connectivity index (χ4v) is 3.02. The average Bonchev–Trinajstić information content (AvgIpc) is 2.50. The number of nitrogens with zero attached hydrogens (tertiary/aromatic N) is 2. The first-order chi connectivity index (χ1) is 10.1. The molecule has 1 aromatic heterocycles. The highest BCUT2D eigenvalue weighted by atomic mass is 32.2. The quantitative estimate of drug-likeness (QED) is 0.549. The molecule has 0 atom stereocenters. The Kier molecular flexibility index (Phi) is 3.75. The number of fused-ring (bicyclic) bond motifs is 1. The summed E-state index contributed by atoms with van der Waals surface area (Å²) >= 11 is 1.42. The van der Waals surface area contributed by atoms with E-state index in [2.05, 4.69) is 4.98 Å². The molecule has 106 valence electrons. The predicted molar refractivity (Wildman–Crippen MR) is 82.9 cm³/mol. The minimum atomic E-state index is -0.256. The Balaban J connectivity index is 1.94. The molecule has 1 heterocycles. The first-order valence-electron chi connectivity index (χ1n) is 6.48. The molecule has 0 spiro atoms. The molecule has 0 aliphatic rings. The summed E-state index contributed by atoms with van der Waals surface area (Å²) in [5.74, 6) is 0.310. The Morgan fingerprint density at radius 1 is 1.19 bits per heavy atom. The summed E-state index contributed by atoms with van der Waals surface area (Å²) in [4.78, 5) is 16.8. The zero-order valence-corrected chi connectivity index (χ0v) is 12.2. The SMILES string of the molecule is Cn1c(SCc2cccc(F)c2)nc2ccccc2c1=O. The van der Waals surface area contributed by atoms with Crippen LogP contribution in [0.3, 0.4) is 0 Å². The van der Waals surface area contributed by atoms with Gasteiger partial charge in [-0.2, -0.15) is 0 Å². The number of hydrogen-bond donors (Lipinski definition) is 0. The van der Waals surface area contributed by atoms with Crippen molar-refractivity contribution in [3.05, 3.63) is 70.3 Å². The molecular formula is C16H13FN2OS. The topological polar surface area (TPSA) is 34.9 Å². The van der Waals surface area contributed by atoms with Crippen LogP contribution in [0.2, 0.25) is 0 Å². The van der Waals surface area contributed by atoms with Gasteiger partial charge in [0, 0.05) is 12.8 Å². The van der Waals surface area contributed by atoms with Gasteiger partial charge < -0.3 is 0 Å². The molecular weight excluding hydrogens is 287 g/mol. The molecule has 3 aromatic rings. The summed E-state index contributed by atoms with van der Waals surface area (Å²) in [5, 5.41) is 1.23. The molecule has 21 heavy (non-hydrogen) atoms. The van der Waals surface area contributed by atoms with Crippen molar-refractivity contribution in [2.45, 2.75) is 10.9 Å². The molecule has 3 nitrogen and oxygen atoms in total. The van der Waals surface area contributed by atoms with E-state index in [-0.39, 0.29) is 11.4 Å². The second-order valence-corrected chi connectivity index (χ2v) is 5.64. The summed E-state index contributed by atoms with van der Waals surface area (Å²) in [6.07, 6.45) is 0. The van der Waals surface area contributed by atoms with Gasteiger partial charge in [0.05, 0.1) is 10.9 Å². The Labute approximate surface area is 125 Å². The second kappa shape index (κ2) is 5.69. The number of rotatable bonds is 3. The van der Waals surface area contributed by atoms with Gasteiger partial charge in [-0.25, -0.2) is 9.37 Å². The number of thioether (sulfide) groups is 1. The molecule has 0 aliphatic carbocycles. The molecule has 2 aromatic carbocycles. The van der Waals surface area contributed by atoms with Crippen LogP contribution < -0.4 is 5.56 Å². The van der Waals surface area contributed by atoms with Crippen LogP contribution in [-0.2, 0) is 12.8 Å². The van der Waals surface area contributed by atoms with E-state index in [0.717, 1.165) is 5.56 Å². The van der Waals surface area contributed by atoms with Crippen molar-refractivity contribution in [3.63, 3.8) is 0 Å². The molecule has 0 saturated carbocycles. The van der Waals surface area contributed by atoms with Crippen LogP contribution in [0.5, 0.6) is 0 Å². The lowest BCUT2D eigenvalue weighted by atomic mass is 10.2. The fourth-order valence-electron chi connectivity index (χ4n) is 2.10. The van der Waals surface area contributed by atoms with Gasteiger partial charge in [0.15, 0.2) is 5.16 Å². The molecule has 0 fully saturated rings. The zero-order valence-electron chi connectivity index (χ0n) is 11.4. The Hall–Kier alpha value is -2.14. The van der Waals surface area contributed by atoms with Crippen molar-refractivity contribution >= 4 is 22.7 Å². The fraction of sp³-hybridized carbons (Fsp3) is 0.125. The van der Waals surface area contributed by atoms with Crippen molar-refractivity contribution in [2.24, 2.45) is 7.05 Å². The standard InChI is InChI=1S/C16H13FN2OS/c1-19-15(20)13-7-2-3-8-14(13)18-16(19)21-10-11-5-4-6-12(17)9-11/h2-9H,10H2,1H3. The lowest BCUT2D eigenvalue weighted by molar-refractivity contribution is 0.626. The van der Waals surface area contributed by atoms with Gasteiger partial charge >= 0.3 is 0 Å². The van der Waals surface area contributed by atoms with E-state index in [1.807, 2.05) is 24.3 Å². The third-order valence-corrected chi connectivity index (χ3v) is 4.30. The van der Waals surface area contributed by atoms with Gasteiger partial charge in [-0.3, -0.25) is 9.36 Å². The normalized spacial score (nSPS) is 11.0. The number of benzene rings is 2. The minimum Gasteiger partial charge on any atom is -0.290 e. The summed E-state index contributed by atoms with van der Waals surface area (Å²) in [6, 6.07) is 13.7. The van der Waals surface area contributed by atoms with E-state index in [0.29, 0.717) is 21.8 Å². The van der Waals surface area contributed by atoms with Crippen molar-refractivity contribution < 1.29 is 4.39 Å². The molecule has 5 heteroatoms. The number of hydrogen-bond acceptors (Lipinski definition) is 3. The van der Waals surface area contributed by atoms with Crippen LogP contribution in [0, 0.1) is 5.82 Å². The highest BCUT2D eigenvalue weighted by Crippen LogP contribution is 2.21. The van der Waals surface area contributed by atoms with E-state index >= 15 is 0 Å². The van der Waals surface area contributed by atoms with Crippen molar-refractivity contribution in [1.29, 1.82) is 0 Å². The van der Waals surface area contributed by atoms with E-state index < -0.39 is 0 Å². The highest BCUT2D eigenvalue weighted by Gasteiger charge is 2.08. The van der Waals surface area contributed by atoms with Gasteiger partial charge in [-0.1, -0.05) is 36.0 Å². The minimum absolute atomic E-state index is 0.0673. The molecule has 0 aliphatic heterocycles. The summed E-state index contributed by atoms with van der Waals surface area (Å²) in [5.41, 5.74) is 1.48. The molecule has 3 rings (SSSR count). The van der Waals surface area contributed by atoms with Crippen LogP contribution in [0.15, 0.2) is 58.5 Å². The van der Waals surface area contributed by atoms with E-state index in [4.69, 9.17) is 0 Å². The van der Waals surface area contributed by atoms with Gasteiger partial charge in [-0.15, -0.1) is 0 Å². The van der Waals surface area contributed by atoms with E-state index in [9.17, 15) is 9.18 Å². The first kappa shape index (κ1) is 13.8. The molecule has 0 saturated heterocycles. The maximum Gasteiger partial charge on any atom is 0.261 e. The highest BCUT2D eigenvalue weighted by molar-refractivity contribution is 7.98. The maximum absolute atomic E-state index is 13.2. The molecule has 0 amide bonds. The summed E-state index contributed by atoms with van der Waals surface area (Å²) < 4.78 is 14.7. The van der Waals surface area contributed by atoms with Gasteiger partial charge in [0.25, 0.3) is 5.56 Å². The zero-order chi connectivity index (χ0) is 14.8.